The van der Waals surface area contributed by atoms with Gasteiger partial charge in [-0.05, 0) is 0 Å². The molecule has 0 bridgehead atoms. The molecular formula is H5Cl5TiZn. The monoisotopic (exact) mass is 292 g/mol. The van der Waals surface area contributed by atoms with Crippen molar-refractivity contribution in [3.8, 4) is 0 Å². The van der Waals surface area contributed by atoms with Gasteiger partial charge in [0.05, 0.1) is 0 Å². The van der Waals surface area contributed by atoms with Gasteiger partial charge in [-0.25, -0.2) is 0 Å². The second kappa shape index (κ2) is 68.6. The van der Waals surface area contributed by atoms with Gasteiger partial charge >= 0.3 is 0 Å². The fourth-order valence-electron chi connectivity index (χ4n) is 0. The molecule has 7 heteroatoms. The summed E-state index contributed by atoms with van der Waals surface area (Å²) in [5.74, 6) is 0. The fourth-order valence-corrected chi connectivity index (χ4v) is 0. The van der Waals surface area contributed by atoms with E-state index in [1.165, 1.54) is 0 Å². The molecule has 0 heterocycles. The zero-order valence-corrected chi connectivity index (χ0v) is 11.9. The van der Waals surface area contributed by atoms with Gasteiger partial charge in [0.25, 0.3) is 0 Å². The van der Waals surface area contributed by atoms with Crippen molar-refractivity contribution in [2.45, 2.75) is 0 Å². The van der Waals surface area contributed by atoms with Crippen LogP contribution in [0.3, 0.4) is 0 Å². The van der Waals surface area contributed by atoms with Crippen LogP contribution in [0.2, 0.25) is 0 Å². The molecule has 0 N–H and O–H groups in total. The van der Waals surface area contributed by atoms with Crippen LogP contribution in [0.1, 0.15) is 0 Å². The van der Waals surface area contributed by atoms with Crippen molar-refractivity contribution in [1.82, 2.24) is 0 Å². The third-order valence-electron chi connectivity index (χ3n) is 0. The minimum absolute atomic E-state index is 0. The van der Waals surface area contributed by atoms with Gasteiger partial charge in [0, 0.05) is 41.2 Å². The molecule has 0 aliphatic rings. The molecular weight excluding hydrogens is 291 g/mol. The topological polar surface area (TPSA) is 0 Å². The summed E-state index contributed by atoms with van der Waals surface area (Å²) in [6.45, 7) is 0. The van der Waals surface area contributed by atoms with Crippen molar-refractivity contribution in [2.75, 3.05) is 0 Å². The van der Waals surface area contributed by atoms with Crippen LogP contribution in [0, 0.1) is 0 Å². The molecule has 0 saturated carbocycles. The molecule has 0 radical (unpaired) electrons. The molecule has 0 amide bonds. The molecule has 0 aliphatic heterocycles. The molecule has 0 aromatic heterocycles. The summed E-state index contributed by atoms with van der Waals surface area (Å²) in [5, 5.41) is 0. The summed E-state index contributed by atoms with van der Waals surface area (Å²) in [4.78, 5) is 0. The summed E-state index contributed by atoms with van der Waals surface area (Å²) >= 11 is 0. The maximum Gasteiger partial charge on any atom is 0 e. The quantitative estimate of drug-likeness (QED) is 0.601. The van der Waals surface area contributed by atoms with E-state index in [9.17, 15) is 0 Å². The zero-order chi connectivity index (χ0) is 0. The Morgan fingerprint density at radius 1 is 0.429 bits per heavy atom. The Morgan fingerprint density at radius 2 is 0.429 bits per heavy atom. The van der Waals surface area contributed by atoms with Crippen LogP contribution < -0.4 is 0 Å². The van der Waals surface area contributed by atoms with Gasteiger partial charge in [0.1, 0.15) is 0 Å². The summed E-state index contributed by atoms with van der Waals surface area (Å²) in [5.41, 5.74) is 0. The first-order chi connectivity index (χ1) is 0. The van der Waals surface area contributed by atoms with E-state index in [4.69, 9.17) is 0 Å². The van der Waals surface area contributed by atoms with E-state index in [0.717, 1.165) is 0 Å². The Bertz CT molecular complexity index is 8.04. The van der Waals surface area contributed by atoms with E-state index in [-0.39, 0.29) is 103 Å². The Kier molecular flexibility index (Phi) is 953. The van der Waals surface area contributed by atoms with Crippen LogP contribution in [-0.4, -0.2) is 0 Å². The van der Waals surface area contributed by atoms with Crippen LogP contribution in [0.5, 0.6) is 0 Å². The smallest absolute Gasteiger partial charge is 0 e. The van der Waals surface area contributed by atoms with E-state index in [2.05, 4.69) is 0 Å². The minimum atomic E-state index is 0. The molecule has 0 unspecified atom stereocenters. The second-order valence-electron chi connectivity index (χ2n) is 0. The van der Waals surface area contributed by atoms with Crippen LogP contribution in [-0.2, 0) is 41.2 Å². The molecule has 0 atom stereocenters. The third kappa shape index (κ3) is 52.1. The van der Waals surface area contributed by atoms with Crippen LogP contribution >= 0.6 is 62.0 Å². The standard InChI is InChI=1S/5ClH.Ti.Zn/h5*1H;;. The summed E-state index contributed by atoms with van der Waals surface area (Å²) in [6.07, 6.45) is 0. The molecule has 0 spiro atoms. The Labute approximate surface area is 102 Å². The number of rotatable bonds is 0. The van der Waals surface area contributed by atoms with Crippen molar-refractivity contribution in [2.24, 2.45) is 0 Å². The molecule has 0 saturated heterocycles. The molecule has 0 aromatic carbocycles. The van der Waals surface area contributed by atoms with Gasteiger partial charge < -0.3 is 0 Å². The molecule has 0 fully saturated rings. The molecule has 0 nitrogen and oxygen atoms in total. The summed E-state index contributed by atoms with van der Waals surface area (Å²) in [7, 11) is 0. The van der Waals surface area contributed by atoms with Crippen molar-refractivity contribution in [3.05, 3.63) is 0 Å². The Morgan fingerprint density at radius 3 is 0.429 bits per heavy atom. The summed E-state index contributed by atoms with van der Waals surface area (Å²) in [6, 6.07) is 0. The van der Waals surface area contributed by atoms with Crippen molar-refractivity contribution in [3.63, 3.8) is 0 Å². The van der Waals surface area contributed by atoms with E-state index >= 15 is 0 Å². The summed E-state index contributed by atoms with van der Waals surface area (Å²) < 4.78 is 0. The second-order valence-corrected chi connectivity index (χ2v) is 0. The third-order valence-corrected chi connectivity index (χ3v) is 0. The van der Waals surface area contributed by atoms with E-state index in [1.807, 2.05) is 0 Å². The zero-order valence-electron chi connectivity index (χ0n) is 3.25. The average molecular weight is 296 g/mol. The van der Waals surface area contributed by atoms with Gasteiger partial charge in [-0.3, -0.25) is 0 Å². The number of hydrogen-bond donors (Lipinski definition) is 0. The van der Waals surface area contributed by atoms with Gasteiger partial charge in [-0.1, -0.05) is 0 Å². The predicted octanol–water partition coefficient (Wildman–Crippen LogP) is 2.10. The van der Waals surface area contributed by atoms with Crippen molar-refractivity contribution >= 4 is 62.0 Å². The van der Waals surface area contributed by atoms with Crippen molar-refractivity contribution < 1.29 is 41.2 Å². The SMILES string of the molecule is Cl.Cl.Cl.Cl.Cl.[Ti].[Zn]. The van der Waals surface area contributed by atoms with Crippen LogP contribution in [0.4, 0.5) is 0 Å². The molecule has 7 heavy (non-hydrogen) atoms. The van der Waals surface area contributed by atoms with Gasteiger partial charge in [0.2, 0.25) is 0 Å². The van der Waals surface area contributed by atoms with E-state index in [0.29, 0.717) is 0 Å². The maximum atomic E-state index is 0. The number of halogens is 5. The normalized spacial score (nSPS) is 0. The minimum Gasteiger partial charge on any atom is -0.147 e. The van der Waals surface area contributed by atoms with Gasteiger partial charge in [-0.15, -0.1) is 62.0 Å². The van der Waals surface area contributed by atoms with Gasteiger partial charge in [0.15, 0.2) is 0 Å². The van der Waals surface area contributed by atoms with Crippen molar-refractivity contribution in [1.29, 1.82) is 0 Å². The predicted molar refractivity (Wildman–Crippen MR) is 36.2 cm³/mol. The molecule has 0 rings (SSSR count). The molecule has 0 aliphatic carbocycles. The maximum absolute atomic E-state index is 0. The molecule has 0 aromatic rings. The van der Waals surface area contributed by atoms with E-state index in [1.54, 1.807) is 0 Å². The molecule has 46 valence electrons. The first-order valence-electron chi connectivity index (χ1n) is 0. The largest absolute Gasteiger partial charge is 0.147 e. The fraction of sp³-hybridized carbons (Fsp3) is 0. The van der Waals surface area contributed by atoms with Crippen LogP contribution in [0.25, 0.3) is 0 Å². The van der Waals surface area contributed by atoms with Gasteiger partial charge in [-0.2, -0.15) is 0 Å². The first kappa shape index (κ1) is 97.3. The average Bonchev–Trinajstić information content (AvgIpc) is 0. The Balaban J connectivity index is 0. The number of hydrogen-bond acceptors (Lipinski definition) is 0. The Hall–Kier alpha value is 2.79. The first-order valence-corrected chi connectivity index (χ1v) is 0. The van der Waals surface area contributed by atoms with E-state index < -0.39 is 0 Å². The van der Waals surface area contributed by atoms with Crippen LogP contribution in [0.15, 0.2) is 0 Å².